The summed E-state index contributed by atoms with van der Waals surface area (Å²) in [6.07, 6.45) is -10.5. The number of halogens is 4. The molecule has 5 nitrogen and oxygen atoms in total. The Bertz CT molecular complexity index is 221. The molecule has 0 atom stereocenters. The van der Waals surface area contributed by atoms with Crippen molar-refractivity contribution in [3.05, 3.63) is 0 Å². The van der Waals surface area contributed by atoms with E-state index in [-0.39, 0.29) is 59.1 Å². The van der Waals surface area contributed by atoms with E-state index in [0.29, 0.717) is 0 Å². The van der Waals surface area contributed by atoms with Crippen LogP contribution in [0.4, 0.5) is 17.6 Å². The molecule has 15 heavy (non-hydrogen) atoms. The molecule has 0 spiro atoms. The molecule has 78 valence electrons. The van der Waals surface area contributed by atoms with Gasteiger partial charge in [0.05, 0.1) is 0 Å². The van der Waals surface area contributed by atoms with Gasteiger partial charge in [0, 0.05) is 59.1 Å². The van der Waals surface area contributed by atoms with Gasteiger partial charge in [0.1, 0.15) is 0 Å². The molecule has 2 radical (unpaired) electrons. The smallest absolute Gasteiger partial charge is 0.460 e. The Kier molecular flexibility index (Phi) is 9.85. The van der Waals surface area contributed by atoms with Crippen LogP contribution in [-0.2, 0) is 14.3 Å². The molecule has 0 aliphatic carbocycles. The van der Waals surface area contributed by atoms with E-state index in [0.717, 1.165) is 0 Å². The van der Waals surface area contributed by atoms with E-state index < -0.39 is 24.2 Å². The number of aliphatic carboxylic acids is 2. The summed E-state index contributed by atoms with van der Waals surface area (Å²) >= 11 is 0. The van der Waals surface area contributed by atoms with Gasteiger partial charge in [-0.1, -0.05) is 0 Å². The molecule has 0 aliphatic rings. The van der Waals surface area contributed by atoms with Crippen molar-refractivity contribution in [1.29, 1.82) is 0 Å². The second kappa shape index (κ2) is 7.05. The van der Waals surface area contributed by atoms with Crippen molar-refractivity contribution in [3.63, 3.8) is 0 Å². The zero-order valence-electron chi connectivity index (χ0n) is 7.63. The monoisotopic (exact) mass is 252 g/mol. The summed E-state index contributed by atoms with van der Waals surface area (Å²) in [7, 11) is 0. The Morgan fingerprint density at radius 1 is 0.867 bits per heavy atom. The maximum atomic E-state index is 11.8. The summed E-state index contributed by atoms with van der Waals surface area (Å²) in [5.41, 5.74) is 0. The van der Waals surface area contributed by atoms with Gasteiger partial charge in [-0.05, 0) is 0 Å². The Labute approximate surface area is 124 Å². The van der Waals surface area contributed by atoms with E-state index in [1.165, 1.54) is 0 Å². The first-order valence-electron chi connectivity index (χ1n) is 2.52. The molecule has 0 aliphatic heterocycles. The number of ether oxygens (including phenoxy) is 1. The number of carbonyl (C=O) groups is 2. The fourth-order valence-electron chi connectivity index (χ4n) is 0.248. The van der Waals surface area contributed by atoms with Gasteiger partial charge in [-0.25, -0.2) is 14.3 Å². The second-order valence-corrected chi connectivity index (χ2v) is 1.75. The van der Waals surface area contributed by atoms with E-state index in [4.69, 9.17) is 10.2 Å². The van der Waals surface area contributed by atoms with Gasteiger partial charge in [-0.15, -0.1) is 0 Å². The van der Waals surface area contributed by atoms with Crippen molar-refractivity contribution in [2.45, 2.75) is 12.2 Å². The summed E-state index contributed by atoms with van der Waals surface area (Å²) in [5.74, 6) is -6.01. The van der Waals surface area contributed by atoms with Gasteiger partial charge in [0.25, 0.3) is 0 Å². The van der Waals surface area contributed by atoms with Crippen molar-refractivity contribution in [1.82, 2.24) is 0 Å². The van der Waals surface area contributed by atoms with Crippen molar-refractivity contribution >= 4 is 71.1 Å². The summed E-state index contributed by atoms with van der Waals surface area (Å²) in [5, 5.41) is 15.2. The van der Waals surface area contributed by atoms with Crippen molar-refractivity contribution in [2.24, 2.45) is 0 Å². The Morgan fingerprint density at radius 2 is 1.07 bits per heavy atom. The van der Waals surface area contributed by atoms with Crippen LogP contribution in [-0.4, -0.2) is 93.5 Å². The van der Waals surface area contributed by atoms with Crippen molar-refractivity contribution < 1.29 is 42.1 Å². The topological polar surface area (TPSA) is 83.8 Å². The predicted molar refractivity (Wildman–Crippen MR) is 37.8 cm³/mol. The summed E-state index contributed by atoms with van der Waals surface area (Å²) < 4.78 is 49.6. The number of hydrogen-bond donors (Lipinski definition) is 2. The Hall–Kier alpha value is 0.620. The van der Waals surface area contributed by atoms with Crippen LogP contribution in [0.2, 0.25) is 0 Å². The SMILES string of the molecule is O=C(O)C(F)(F)OC(F)(F)C(=O)O.[Na].[Na]. The molecule has 0 unspecified atom stereocenters. The number of alkyl halides is 4. The summed E-state index contributed by atoms with van der Waals surface area (Å²) in [4.78, 5) is 19.0. The second-order valence-electron chi connectivity index (χ2n) is 1.75. The quantitative estimate of drug-likeness (QED) is 0.525. The summed E-state index contributed by atoms with van der Waals surface area (Å²) in [6.45, 7) is 0. The number of carboxylic acid groups (broad SMARTS) is 2. The molecular weight excluding hydrogens is 250 g/mol. The number of hydrogen-bond acceptors (Lipinski definition) is 3. The maximum Gasteiger partial charge on any atom is 0.460 e. The first-order chi connectivity index (χ1) is 5.59. The van der Waals surface area contributed by atoms with Gasteiger partial charge in [0.15, 0.2) is 0 Å². The van der Waals surface area contributed by atoms with Gasteiger partial charge in [0.2, 0.25) is 0 Å². The minimum atomic E-state index is -5.25. The van der Waals surface area contributed by atoms with E-state index in [9.17, 15) is 27.2 Å². The van der Waals surface area contributed by atoms with Crippen LogP contribution in [0, 0.1) is 0 Å². The molecule has 0 aromatic rings. The van der Waals surface area contributed by atoms with Crippen LogP contribution in [0.1, 0.15) is 0 Å². The van der Waals surface area contributed by atoms with Gasteiger partial charge in [-0.3, -0.25) is 0 Å². The number of carboxylic acids is 2. The van der Waals surface area contributed by atoms with Crippen LogP contribution in [0.15, 0.2) is 0 Å². The van der Waals surface area contributed by atoms with Crippen molar-refractivity contribution in [3.8, 4) is 0 Å². The zero-order chi connectivity index (χ0) is 10.9. The molecule has 0 saturated heterocycles. The van der Waals surface area contributed by atoms with E-state index >= 15 is 0 Å². The Morgan fingerprint density at radius 3 is 1.20 bits per heavy atom. The predicted octanol–water partition coefficient (Wildman–Crippen LogP) is -0.404. The first kappa shape index (κ1) is 21.0. The zero-order valence-corrected chi connectivity index (χ0v) is 11.6. The fraction of sp³-hybridized carbons (Fsp3) is 0.500. The average Bonchev–Trinajstić information content (AvgIpc) is 1.83. The normalized spacial score (nSPS) is 10.9. The molecule has 0 aromatic heterocycles. The van der Waals surface area contributed by atoms with E-state index in [2.05, 4.69) is 4.74 Å². The van der Waals surface area contributed by atoms with Crippen LogP contribution >= 0.6 is 0 Å². The van der Waals surface area contributed by atoms with Gasteiger partial charge < -0.3 is 10.2 Å². The van der Waals surface area contributed by atoms with Crippen LogP contribution in [0.25, 0.3) is 0 Å². The van der Waals surface area contributed by atoms with E-state index in [1.807, 2.05) is 0 Å². The van der Waals surface area contributed by atoms with Gasteiger partial charge in [-0.2, -0.15) is 17.6 Å². The third kappa shape index (κ3) is 6.72. The standard InChI is InChI=1S/C4H2F4O5.2Na/c5-3(6,1(9)10)13-4(7,8)2(11)12;;/h(H,9,10)(H,11,12);;. The van der Waals surface area contributed by atoms with Crippen LogP contribution < -0.4 is 0 Å². The van der Waals surface area contributed by atoms with Crippen LogP contribution in [0.3, 0.4) is 0 Å². The first-order valence-corrected chi connectivity index (χ1v) is 2.52. The largest absolute Gasteiger partial charge is 0.475 e. The van der Waals surface area contributed by atoms with E-state index in [1.54, 1.807) is 0 Å². The van der Waals surface area contributed by atoms with Gasteiger partial charge >= 0.3 is 24.2 Å². The third-order valence-electron chi connectivity index (χ3n) is 0.754. The molecule has 0 bridgehead atoms. The molecule has 0 amide bonds. The third-order valence-corrected chi connectivity index (χ3v) is 0.754. The molecule has 0 heterocycles. The molecular formula is C4H2F4Na2O5. The molecule has 2 N–H and O–H groups in total. The molecule has 0 saturated carbocycles. The fourth-order valence-corrected chi connectivity index (χ4v) is 0.248. The summed E-state index contributed by atoms with van der Waals surface area (Å²) in [6, 6.07) is 0. The van der Waals surface area contributed by atoms with Crippen molar-refractivity contribution in [2.75, 3.05) is 0 Å². The van der Waals surface area contributed by atoms with Crippen LogP contribution in [0.5, 0.6) is 0 Å². The molecule has 0 rings (SSSR count). The molecule has 0 aromatic carbocycles. The minimum Gasteiger partial charge on any atom is -0.475 e. The Balaban J connectivity index is -0.000000720. The minimum absolute atomic E-state index is 0. The molecule has 11 heteroatoms. The maximum absolute atomic E-state index is 11.8. The average molecular weight is 252 g/mol. The number of rotatable bonds is 4. The molecule has 0 fully saturated rings.